The summed E-state index contributed by atoms with van der Waals surface area (Å²) in [6.45, 7) is 3.90. The number of likely N-dealkylation sites (tertiary alicyclic amines) is 1. The van der Waals surface area contributed by atoms with Gasteiger partial charge in [-0.25, -0.2) is 4.79 Å². The zero-order valence-electron chi connectivity index (χ0n) is 18.4. The number of rotatable bonds is 6. The highest BCUT2D eigenvalue weighted by Gasteiger charge is 2.20. The summed E-state index contributed by atoms with van der Waals surface area (Å²) in [7, 11) is 2.11. The molecule has 6 heteroatoms. The summed E-state index contributed by atoms with van der Waals surface area (Å²) in [6, 6.07) is 14.5. The quantitative estimate of drug-likeness (QED) is 0.553. The third-order valence-corrected chi connectivity index (χ3v) is 5.98. The molecular weight excluding hydrogens is 404 g/mol. The Morgan fingerprint density at radius 2 is 1.97 bits per heavy atom. The lowest BCUT2D eigenvalue weighted by Gasteiger charge is -2.29. The Bertz CT molecular complexity index is 1250. The number of fused-ring (bicyclic) bond motifs is 1. The Labute approximate surface area is 187 Å². The number of carbonyl (C=O) groups excluding carboxylic acids is 1. The van der Waals surface area contributed by atoms with Crippen LogP contribution in [0.15, 0.2) is 51.7 Å². The van der Waals surface area contributed by atoms with E-state index in [1.54, 1.807) is 30.3 Å². The SMILES string of the molecule is Cc1c(OC2CCN(C)CC2)ccc2cc(CC(=O)Cc3cccc(C#N)c3)c(=O)oc12. The Morgan fingerprint density at radius 1 is 1.19 bits per heavy atom. The van der Waals surface area contributed by atoms with E-state index >= 15 is 0 Å². The molecular formula is C26H26N2O4. The van der Waals surface area contributed by atoms with Gasteiger partial charge in [-0.3, -0.25) is 4.79 Å². The van der Waals surface area contributed by atoms with E-state index in [-0.39, 0.29) is 24.7 Å². The molecule has 1 aliphatic rings. The van der Waals surface area contributed by atoms with Gasteiger partial charge in [-0.05, 0) is 62.7 Å². The highest BCUT2D eigenvalue weighted by molar-refractivity contribution is 5.86. The van der Waals surface area contributed by atoms with Crippen molar-refractivity contribution in [1.29, 1.82) is 5.26 Å². The van der Waals surface area contributed by atoms with E-state index in [1.165, 1.54) is 0 Å². The third kappa shape index (κ3) is 4.90. The van der Waals surface area contributed by atoms with Crippen molar-refractivity contribution in [2.75, 3.05) is 20.1 Å². The number of ketones is 1. The van der Waals surface area contributed by atoms with Gasteiger partial charge in [0.15, 0.2) is 0 Å². The van der Waals surface area contributed by atoms with Crippen LogP contribution < -0.4 is 10.4 Å². The van der Waals surface area contributed by atoms with E-state index in [2.05, 4.69) is 18.0 Å². The smallest absolute Gasteiger partial charge is 0.339 e. The van der Waals surface area contributed by atoms with Crippen LogP contribution in [0.4, 0.5) is 0 Å². The summed E-state index contributed by atoms with van der Waals surface area (Å²) in [5.74, 6) is 0.627. The number of aryl methyl sites for hydroxylation is 1. The molecule has 32 heavy (non-hydrogen) atoms. The third-order valence-electron chi connectivity index (χ3n) is 5.98. The lowest BCUT2D eigenvalue weighted by molar-refractivity contribution is -0.117. The molecule has 0 unspecified atom stereocenters. The topological polar surface area (TPSA) is 83.5 Å². The molecule has 0 radical (unpaired) electrons. The average Bonchev–Trinajstić information content (AvgIpc) is 2.78. The molecule has 0 bridgehead atoms. The van der Waals surface area contributed by atoms with Crippen molar-refractivity contribution in [2.24, 2.45) is 0 Å². The minimum absolute atomic E-state index is 0.0120. The predicted octanol–water partition coefficient (Wildman–Crippen LogP) is 3.80. The zero-order chi connectivity index (χ0) is 22.7. The van der Waals surface area contributed by atoms with E-state index in [4.69, 9.17) is 14.4 Å². The molecule has 0 saturated carbocycles. The molecule has 0 atom stereocenters. The van der Waals surface area contributed by atoms with Crippen LogP contribution in [0.3, 0.4) is 0 Å². The highest BCUT2D eigenvalue weighted by atomic mass is 16.5. The molecule has 2 heterocycles. The van der Waals surface area contributed by atoms with Crippen LogP contribution in [0, 0.1) is 18.3 Å². The number of benzene rings is 2. The maximum Gasteiger partial charge on any atom is 0.339 e. The van der Waals surface area contributed by atoms with Gasteiger partial charge >= 0.3 is 5.63 Å². The van der Waals surface area contributed by atoms with Crippen LogP contribution in [0.5, 0.6) is 5.75 Å². The van der Waals surface area contributed by atoms with Gasteiger partial charge in [0.1, 0.15) is 23.2 Å². The first-order valence-corrected chi connectivity index (χ1v) is 10.8. The van der Waals surface area contributed by atoms with Crippen molar-refractivity contribution in [3.05, 3.63) is 75.1 Å². The van der Waals surface area contributed by atoms with Gasteiger partial charge in [0.25, 0.3) is 0 Å². The fourth-order valence-corrected chi connectivity index (χ4v) is 4.14. The fourth-order valence-electron chi connectivity index (χ4n) is 4.14. The monoisotopic (exact) mass is 430 g/mol. The van der Waals surface area contributed by atoms with E-state index in [0.29, 0.717) is 16.7 Å². The summed E-state index contributed by atoms with van der Waals surface area (Å²) >= 11 is 0. The first-order chi connectivity index (χ1) is 15.4. The van der Waals surface area contributed by atoms with Crippen LogP contribution in [0.2, 0.25) is 0 Å². The Balaban J connectivity index is 1.51. The fraction of sp³-hybridized carbons (Fsp3) is 0.346. The van der Waals surface area contributed by atoms with Gasteiger partial charge in [0, 0.05) is 42.4 Å². The molecule has 2 aromatic carbocycles. The van der Waals surface area contributed by atoms with Crippen molar-refractivity contribution in [1.82, 2.24) is 4.90 Å². The summed E-state index contributed by atoms with van der Waals surface area (Å²) in [4.78, 5) is 27.4. The van der Waals surface area contributed by atoms with Crippen LogP contribution in [0.1, 0.15) is 35.1 Å². The van der Waals surface area contributed by atoms with E-state index in [1.807, 2.05) is 19.1 Å². The highest BCUT2D eigenvalue weighted by Crippen LogP contribution is 2.29. The molecule has 0 aliphatic carbocycles. The molecule has 164 valence electrons. The molecule has 3 aromatic rings. The van der Waals surface area contributed by atoms with Crippen molar-refractivity contribution >= 4 is 16.8 Å². The van der Waals surface area contributed by atoms with Crippen LogP contribution >= 0.6 is 0 Å². The summed E-state index contributed by atoms with van der Waals surface area (Å²) in [6.07, 6.45) is 2.24. The minimum Gasteiger partial charge on any atom is -0.490 e. The van der Waals surface area contributed by atoms with Crippen molar-refractivity contribution in [3.8, 4) is 11.8 Å². The molecule has 1 saturated heterocycles. The number of Topliss-reactive ketones (excluding diaryl/α,β-unsaturated/α-hetero) is 1. The van der Waals surface area contributed by atoms with Gasteiger partial charge in [0.05, 0.1) is 11.6 Å². The van der Waals surface area contributed by atoms with Gasteiger partial charge < -0.3 is 14.1 Å². The van der Waals surface area contributed by atoms with Gasteiger partial charge in [-0.2, -0.15) is 5.26 Å². The lowest BCUT2D eigenvalue weighted by Crippen LogP contribution is -2.35. The maximum absolute atomic E-state index is 12.6. The normalized spacial score (nSPS) is 14.9. The van der Waals surface area contributed by atoms with Crippen molar-refractivity contribution in [2.45, 2.75) is 38.7 Å². The average molecular weight is 431 g/mol. The zero-order valence-corrected chi connectivity index (χ0v) is 18.4. The number of carbonyl (C=O) groups is 1. The van der Waals surface area contributed by atoms with Crippen molar-refractivity contribution in [3.63, 3.8) is 0 Å². The first kappa shape index (κ1) is 21.8. The van der Waals surface area contributed by atoms with Gasteiger partial charge in [-0.15, -0.1) is 0 Å². The standard InChI is InChI=1S/C26H26N2O4/c1-17-24(31-23-8-10-28(2)11-9-23)7-6-20-14-21(26(30)32-25(17)20)15-22(29)13-18-4-3-5-19(12-18)16-27/h3-7,12,14,23H,8-11,13,15H2,1-2H3. The Kier molecular flexibility index (Phi) is 6.38. The van der Waals surface area contributed by atoms with E-state index in [9.17, 15) is 9.59 Å². The number of piperidine rings is 1. The molecule has 0 spiro atoms. The number of hydrogen-bond donors (Lipinski definition) is 0. The van der Waals surface area contributed by atoms with Crippen molar-refractivity contribution < 1.29 is 13.9 Å². The molecule has 1 aromatic heterocycles. The van der Waals surface area contributed by atoms with Gasteiger partial charge in [-0.1, -0.05) is 12.1 Å². The van der Waals surface area contributed by atoms with Crippen LogP contribution in [-0.2, 0) is 17.6 Å². The summed E-state index contributed by atoms with van der Waals surface area (Å²) in [5.41, 5.74) is 2.39. The second-order valence-electron chi connectivity index (χ2n) is 8.49. The summed E-state index contributed by atoms with van der Waals surface area (Å²) in [5, 5.41) is 9.78. The summed E-state index contributed by atoms with van der Waals surface area (Å²) < 4.78 is 11.8. The molecule has 0 N–H and O–H groups in total. The van der Waals surface area contributed by atoms with Crippen LogP contribution in [-0.4, -0.2) is 36.9 Å². The Hall–Kier alpha value is -3.43. The van der Waals surface area contributed by atoms with Gasteiger partial charge in [0.2, 0.25) is 0 Å². The molecule has 1 fully saturated rings. The second kappa shape index (κ2) is 9.37. The van der Waals surface area contributed by atoms with Crippen LogP contribution in [0.25, 0.3) is 11.0 Å². The second-order valence-corrected chi connectivity index (χ2v) is 8.49. The molecule has 0 amide bonds. The molecule has 4 rings (SSSR count). The number of nitriles is 1. The lowest BCUT2D eigenvalue weighted by atomic mass is 10.0. The maximum atomic E-state index is 12.6. The Morgan fingerprint density at radius 3 is 2.72 bits per heavy atom. The first-order valence-electron chi connectivity index (χ1n) is 10.8. The molecule has 6 nitrogen and oxygen atoms in total. The largest absolute Gasteiger partial charge is 0.490 e. The van der Waals surface area contributed by atoms with E-state index in [0.717, 1.165) is 48.2 Å². The van der Waals surface area contributed by atoms with E-state index < -0.39 is 5.63 Å². The number of hydrogen-bond acceptors (Lipinski definition) is 6. The predicted molar refractivity (Wildman–Crippen MR) is 122 cm³/mol. The number of ether oxygens (including phenoxy) is 1. The molecule has 1 aliphatic heterocycles. The number of nitrogens with zero attached hydrogens (tertiary/aromatic N) is 2. The minimum atomic E-state index is -0.504.